The van der Waals surface area contributed by atoms with Crippen molar-refractivity contribution in [2.75, 3.05) is 13.1 Å². The number of nitrogens with one attached hydrogen (secondary N) is 1. The molecule has 28 heavy (non-hydrogen) atoms. The number of Topliss-reactive ketones (excluding diaryl/α,β-unsaturated/α-hetero) is 1. The molecule has 0 aromatic heterocycles. The summed E-state index contributed by atoms with van der Waals surface area (Å²) in [6, 6.07) is 16.4. The molecule has 1 fully saturated rings. The van der Waals surface area contributed by atoms with Gasteiger partial charge in [-0.1, -0.05) is 42.5 Å². The normalized spacial score (nSPS) is 15.4. The van der Waals surface area contributed by atoms with Gasteiger partial charge in [0.1, 0.15) is 0 Å². The van der Waals surface area contributed by atoms with Gasteiger partial charge in [-0.15, -0.1) is 0 Å². The predicted octanol–water partition coefficient (Wildman–Crippen LogP) is 4.05. The number of carbonyl (C=O) groups excluding carboxylic acids is 2. The molecule has 0 aliphatic carbocycles. The predicted molar refractivity (Wildman–Crippen MR) is 112 cm³/mol. The van der Waals surface area contributed by atoms with Crippen LogP contribution in [-0.2, 0) is 11.3 Å². The Morgan fingerprint density at radius 3 is 2.36 bits per heavy atom. The van der Waals surface area contributed by atoms with E-state index in [1.165, 1.54) is 11.1 Å². The number of nitrogens with zero attached hydrogens (tertiary/aromatic N) is 1. The summed E-state index contributed by atoms with van der Waals surface area (Å²) in [5.41, 5.74) is 4.31. The summed E-state index contributed by atoms with van der Waals surface area (Å²) in [6.07, 6.45) is 2.45. The van der Waals surface area contributed by atoms with Gasteiger partial charge < -0.3 is 5.32 Å². The number of hydrogen-bond donors (Lipinski definition) is 1. The van der Waals surface area contributed by atoms with Crippen LogP contribution in [0.5, 0.6) is 0 Å². The third kappa shape index (κ3) is 5.77. The average Bonchev–Trinajstić information content (AvgIpc) is 2.70. The Bertz CT molecular complexity index is 809. The van der Waals surface area contributed by atoms with Crippen molar-refractivity contribution in [3.8, 4) is 0 Å². The molecular formula is C24H30N2O2. The van der Waals surface area contributed by atoms with Gasteiger partial charge in [0.05, 0.1) is 0 Å². The van der Waals surface area contributed by atoms with Crippen LogP contribution in [0.2, 0.25) is 0 Å². The molecular weight excluding hydrogens is 348 g/mol. The van der Waals surface area contributed by atoms with E-state index in [9.17, 15) is 9.59 Å². The van der Waals surface area contributed by atoms with Gasteiger partial charge in [-0.3, -0.25) is 14.5 Å². The number of rotatable bonds is 7. The number of aryl methyl sites for hydroxylation is 2. The highest BCUT2D eigenvalue weighted by atomic mass is 16.2. The zero-order chi connectivity index (χ0) is 19.9. The van der Waals surface area contributed by atoms with Crippen molar-refractivity contribution >= 4 is 11.7 Å². The van der Waals surface area contributed by atoms with Crippen molar-refractivity contribution in [3.63, 3.8) is 0 Å². The number of amides is 1. The van der Waals surface area contributed by atoms with E-state index >= 15 is 0 Å². The molecule has 0 bridgehead atoms. The van der Waals surface area contributed by atoms with Crippen molar-refractivity contribution in [3.05, 3.63) is 70.8 Å². The molecule has 0 saturated carbocycles. The van der Waals surface area contributed by atoms with E-state index in [2.05, 4.69) is 34.5 Å². The first kappa shape index (κ1) is 20.3. The van der Waals surface area contributed by atoms with Crippen LogP contribution < -0.4 is 5.32 Å². The summed E-state index contributed by atoms with van der Waals surface area (Å²) in [5.74, 6) is 0.0228. The molecule has 2 aromatic carbocycles. The van der Waals surface area contributed by atoms with E-state index < -0.39 is 0 Å². The minimum Gasteiger partial charge on any atom is -0.353 e. The molecule has 1 saturated heterocycles. The molecule has 2 aromatic rings. The molecule has 3 rings (SSSR count). The number of carbonyl (C=O) groups is 2. The van der Waals surface area contributed by atoms with Crippen LogP contribution in [0.1, 0.15) is 52.7 Å². The molecule has 0 radical (unpaired) electrons. The standard InChI is InChI=1S/C24H30N2O2/c1-18-8-9-21(16-19(18)2)23(27)10-11-24(28)25-22-12-14-26(15-13-22)17-20-6-4-3-5-7-20/h3-9,16,22H,10-15,17H2,1-2H3,(H,25,28). The van der Waals surface area contributed by atoms with Gasteiger partial charge in [0.15, 0.2) is 5.78 Å². The maximum Gasteiger partial charge on any atom is 0.220 e. The lowest BCUT2D eigenvalue weighted by atomic mass is 10.0. The van der Waals surface area contributed by atoms with Gasteiger partial charge >= 0.3 is 0 Å². The zero-order valence-corrected chi connectivity index (χ0v) is 16.9. The van der Waals surface area contributed by atoms with Crippen molar-refractivity contribution in [2.24, 2.45) is 0 Å². The Hall–Kier alpha value is -2.46. The molecule has 148 valence electrons. The molecule has 1 N–H and O–H groups in total. The van der Waals surface area contributed by atoms with Crippen LogP contribution in [0, 0.1) is 13.8 Å². The Morgan fingerprint density at radius 1 is 0.964 bits per heavy atom. The van der Waals surface area contributed by atoms with Crippen molar-refractivity contribution in [1.82, 2.24) is 10.2 Å². The SMILES string of the molecule is Cc1ccc(C(=O)CCC(=O)NC2CCN(Cc3ccccc3)CC2)cc1C. The van der Waals surface area contributed by atoms with Gasteiger partial charge in [0, 0.05) is 44.1 Å². The van der Waals surface area contributed by atoms with E-state index in [1.54, 1.807) is 0 Å². The van der Waals surface area contributed by atoms with E-state index in [-0.39, 0.29) is 30.6 Å². The van der Waals surface area contributed by atoms with Crippen molar-refractivity contribution < 1.29 is 9.59 Å². The molecule has 0 atom stereocenters. The largest absolute Gasteiger partial charge is 0.353 e. The second-order valence-corrected chi connectivity index (χ2v) is 7.83. The number of ketones is 1. The Kier molecular flexibility index (Phi) is 6.99. The lowest BCUT2D eigenvalue weighted by molar-refractivity contribution is -0.122. The van der Waals surface area contributed by atoms with Crippen LogP contribution in [0.15, 0.2) is 48.5 Å². The topological polar surface area (TPSA) is 49.4 Å². The third-order valence-corrected chi connectivity index (χ3v) is 5.61. The quantitative estimate of drug-likeness (QED) is 0.740. The zero-order valence-electron chi connectivity index (χ0n) is 16.9. The van der Waals surface area contributed by atoms with Gasteiger partial charge in [0.25, 0.3) is 0 Å². The van der Waals surface area contributed by atoms with Crippen molar-refractivity contribution in [2.45, 2.75) is 52.1 Å². The number of benzene rings is 2. The number of likely N-dealkylation sites (tertiary alicyclic amines) is 1. The van der Waals surface area contributed by atoms with E-state index in [0.717, 1.165) is 38.0 Å². The third-order valence-electron chi connectivity index (χ3n) is 5.61. The average molecular weight is 379 g/mol. The van der Waals surface area contributed by atoms with Gasteiger partial charge in [-0.25, -0.2) is 0 Å². The summed E-state index contributed by atoms with van der Waals surface area (Å²) in [5, 5.41) is 3.11. The molecule has 1 amide bonds. The van der Waals surface area contributed by atoms with Gasteiger partial charge in [-0.2, -0.15) is 0 Å². The second kappa shape index (κ2) is 9.65. The number of piperidine rings is 1. The van der Waals surface area contributed by atoms with Crippen LogP contribution in [0.4, 0.5) is 0 Å². The van der Waals surface area contributed by atoms with Crippen molar-refractivity contribution in [1.29, 1.82) is 0 Å². The summed E-state index contributed by atoms with van der Waals surface area (Å²) < 4.78 is 0. The lowest BCUT2D eigenvalue weighted by Gasteiger charge is -2.32. The maximum atomic E-state index is 12.3. The van der Waals surface area contributed by atoms with E-state index in [1.807, 2.05) is 38.1 Å². The summed E-state index contributed by atoms with van der Waals surface area (Å²) in [4.78, 5) is 27.0. The summed E-state index contributed by atoms with van der Waals surface area (Å²) in [6.45, 7) is 6.97. The fourth-order valence-electron chi connectivity index (χ4n) is 3.66. The summed E-state index contributed by atoms with van der Waals surface area (Å²) in [7, 11) is 0. The van der Waals surface area contributed by atoms with E-state index in [4.69, 9.17) is 0 Å². The molecule has 4 heteroatoms. The highest BCUT2D eigenvalue weighted by Crippen LogP contribution is 2.15. The Morgan fingerprint density at radius 2 is 1.68 bits per heavy atom. The van der Waals surface area contributed by atoms with Gasteiger partial charge in [0.2, 0.25) is 5.91 Å². The first-order chi connectivity index (χ1) is 13.5. The molecule has 1 aliphatic heterocycles. The number of hydrogen-bond acceptors (Lipinski definition) is 3. The Labute approximate surface area is 167 Å². The molecule has 1 heterocycles. The molecule has 4 nitrogen and oxygen atoms in total. The van der Waals surface area contributed by atoms with Crippen LogP contribution in [-0.4, -0.2) is 35.7 Å². The molecule has 0 spiro atoms. The van der Waals surface area contributed by atoms with Crippen LogP contribution in [0.25, 0.3) is 0 Å². The second-order valence-electron chi connectivity index (χ2n) is 7.83. The smallest absolute Gasteiger partial charge is 0.220 e. The van der Waals surface area contributed by atoms with Crippen LogP contribution in [0.3, 0.4) is 0 Å². The minimum atomic E-state index is -0.0151. The Balaban J connectivity index is 1.38. The fraction of sp³-hybridized carbons (Fsp3) is 0.417. The minimum absolute atomic E-state index is 0.0151. The fourth-order valence-corrected chi connectivity index (χ4v) is 3.66. The highest BCUT2D eigenvalue weighted by Gasteiger charge is 2.21. The highest BCUT2D eigenvalue weighted by molar-refractivity contribution is 5.98. The summed E-state index contributed by atoms with van der Waals surface area (Å²) >= 11 is 0. The lowest BCUT2D eigenvalue weighted by Crippen LogP contribution is -2.44. The first-order valence-corrected chi connectivity index (χ1v) is 10.2. The maximum absolute atomic E-state index is 12.3. The van der Waals surface area contributed by atoms with Crippen LogP contribution >= 0.6 is 0 Å². The molecule has 1 aliphatic rings. The first-order valence-electron chi connectivity index (χ1n) is 10.2. The monoisotopic (exact) mass is 378 g/mol. The van der Waals surface area contributed by atoms with Gasteiger partial charge in [-0.05, 0) is 49.4 Å². The van der Waals surface area contributed by atoms with E-state index in [0.29, 0.717) is 5.56 Å². The molecule has 0 unspecified atom stereocenters.